The van der Waals surface area contributed by atoms with E-state index in [0.29, 0.717) is 49.0 Å². The lowest BCUT2D eigenvalue weighted by Crippen LogP contribution is -2.44. The van der Waals surface area contributed by atoms with E-state index in [-0.39, 0.29) is 41.6 Å². The van der Waals surface area contributed by atoms with Gasteiger partial charge >= 0.3 is 6.18 Å². The summed E-state index contributed by atoms with van der Waals surface area (Å²) in [5, 5.41) is 5.63. The number of rotatable bonds is 6. The molecule has 3 aliphatic heterocycles. The zero-order chi connectivity index (χ0) is 29.9. The Balaban J connectivity index is 1.04. The third-order valence-corrected chi connectivity index (χ3v) is 8.62. The molecule has 1 aromatic heterocycles. The fourth-order valence-electron chi connectivity index (χ4n) is 6.16. The van der Waals surface area contributed by atoms with Gasteiger partial charge in [0.15, 0.2) is 0 Å². The molecule has 1 saturated heterocycles. The molecule has 3 atom stereocenters. The standard InChI is InChI=1S/C31H30F3N5O4/c1-38-10-12-39(13-11-38)16-18-3-2-17(14-22(18)31(32,33)34)30(41)37-27-26-21-15-19(4-6-23(21)43-28(26)27)42-24-8-9-35-29-20(24)5-7-25(40)36-29/h2-4,6,8-9,14-15,26-28H,5,7,10-13,16H2,1H3,(H,37,41)(H,35,36,40). The van der Waals surface area contributed by atoms with Crippen LogP contribution in [0.15, 0.2) is 48.7 Å². The van der Waals surface area contributed by atoms with Crippen LogP contribution in [0.3, 0.4) is 0 Å². The number of carbonyl (C=O) groups is 2. The Bertz CT molecular complexity index is 1600. The number of fused-ring (bicyclic) bond motifs is 4. The third kappa shape index (κ3) is 5.40. The van der Waals surface area contributed by atoms with Gasteiger partial charge in [-0.2, -0.15) is 13.2 Å². The van der Waals surface area contributed by atoms with Crippen molar-refractivity contribution in [1.29, 1.82) is 0 Å². The number of hydrogen-bond donors (Lipinski definition) is 2. The van der Waals surface area contributed by atoms with Crippen LogP contribution in [-0.4, -0.2) is 72.0 Å². The predicted octanol–water partition coefficient (Wildman–Crippen LogP) is 4.18. The number of nitrogens with one attached hydrogen (secondary N) is 2. The second kappa shape index (κ2) is 10.5. The molecule has 2 N–H and O–H groups in total. The summed E-state index contributed by atoms with van der Waals surface area (Å²) in [4.78, 5) is 33.2. The molecule has 224 valence electrons. The van der Waals surface area contributed by atoms with E-state index in [2.05, 4.69) is 20.5 Å². The number of ether oxygens (including phenoxy) is 2. The van der Waals surface area contributed by atoms with Gasteiger partial charge in [-0.25, -0.2) is 4.98 Å². The van der Waals surface area contributed by atoms with Gasteiger partial charge in [0.25, 0.3) is 5.91 Å². The molecule has 4 aliphatic rings. The molecule has 7 rings (SSSR count). The third-order valence-electron chi connectivity index (χ3n) is 8.62. The molecule has 3 unspecified atom stereocenters. The minimum absolute atomic E-state index is 0.0358. The van der Waals surface area contributed by atoms with Crippen LogP contribution in [0, 0.1) is 0 Å². The highest BCUT2D eigenvalue weighted by Gasteiger charge is 2.59. The summed E-state index contributed by atoms with van der Waals surface area (Å²) in [6, 6.07) is 10.7. The Labute approximate surface area is 246 Å². The highest BCUT2D eigenvalue weighted by molar-refractivity contribution is 5.95. The van der Waals surface area contributed by atoms with E-state index in [1.807, 2.05) is 18.0 Å². The highest BCUT2D eigenvalue weighted by atomic mass is 19.4. The van der Waals surface area contributed by atoms with Crippen molar-refractivity contribution in [2.75, 3.05) is 38.5 Å². The van der Waals surface area contributed by atoms with Gasteiger partial charge < -0.3 is 25.0 Å². The van der Waals surface area contributed by atoms with Crippen LogP contribution in [0.1, 0.15) is 45.0 Å². The molecule has 0 radical (unpaired) electrons. The van der Waals surface area contributed by atoms with Crippen LogP contribution in [0.25, 0.3) is 0 Å². The molecule has 2 aromatic carbocycles. The molecule has 2 fully saturated rings. The summed E-state index contributed by atoms with van der Waals surface area (Å²) in [6.45, 7) is 3.17. The van der Waals surface area contributed by atoms with E-state index < -0.39 is 17.6 Å². The first kappa shape index (κ1) is 27.7. The number of anilines is 1. The van der Waals surface area contributed by atoms with Crippen LogP contribution in [0.4, 0.5) is 19.0 Å². The Kier molecular flexibility index (Phi) is 6.77. The van der Waals surface area contributed by atoms with Gasteiger partial charge in [0.05, 0.1) is 17.5 Å². The first-order valence-corrected chi connectivity index (χ1v) is 14.3. The van der Waals surface area contributed by atoms with Crippen molar-refractivity contribution in [3.63, 3.8) is 0 Å². The molecular formula is C31H30F3N5O4. The number of alkyl halides is 3. The zero-order valence-electron chi connectivity index (χ0n) is 23.4. The smallest absolute Gasteiger partial charge is 0.416 e. The first-order chi connectivity index (χ1) is 20.6. The minimum Gasteiger partial charge on any atom is -0.487 e. The quantitative estimate of drug-likeness (QED) is 0.443. The molecule has 1 aliphatic carbocycles. The van der Waals surface area contributed by atoms with E-state index in [1.165, 1.54) is 12.1 Å². The number of likely N-dealkylation sites (N-methyl/N-ethyl adjacent to an activating group) is 1. The van der Waals surface area contributed by atoms with Crippen molar-refractivity contribution >= 4 is 17.6 Å². The van der Waals surface area contributed by atoms with Crippen LogP contribution >= 0.6 is 0 Å². The zero-order valence-corrected chi connectivity index (χ0v) is 23.4. The van der Waals surface area contributed by atoms with E-state index in [0.717, 1.165) is 30.3 Å². The molecule has 9 nitrogen and oxygen atoms in total. The maximum atomic E-state index is 14.0. The number of benzene rings is 2. The Morgan fingerprint density at radius 3 is 2.72 bits per heavy atom. The average molecular weight is 594 g/mol. The summed E-state index contributed by atoms with van der Waals surface area (Å²) < 4.78 is 54.3. The number of aromatic nitrogens is 1. The van der Waals surface area contributed by atoms with Gasteiger partial charge in [0.1, 0.15) is 29.2 Å². The van der Waals surface area contributed by atoms with Gasteiger partial charge in [-0.05, 0) is 55.4 Å². The first-order valence-electron chi connectivity index (χ1n) is 14.3. The monoisotopic (exact) mass is 593 g/mol. The van der Waals surface area contributed by atoms with Crippen molar-refractivity contribution in [1.82, 2.24) is 20.1 Å². The number of halogens is 3. The molecular weight excluding hydrogens is 563 g/mol. The van der Waals surface area contributed by atoms with Gasteiger partial charge in [0.2, 0.25) is 5.91 Å². The molecule has 3 aromatic rings. The van der Waals surface area contributed by atoms with Crippen LogP contribution in [0.2, 0.25) is 0 Å². The van der Waals surface area contributed by atoms with Gasteiger partial charge in [-0.3, -0.25) is 14.5 Å². The molecule has 0 spiro atoms. The topological polar surface area (TPSA) is 96.0 Å². The number of carbonyl (C=O) groups excluding carboxylic acids is 2. The predicted molar refractivity (Wildman–Crippen MR) is 150 cm³/mol. The van der Waals surface area contributed by atoms with E-state index in [4.69, 9.17) is 9.47 Å². The average Bonchev–Trinajstić information content (AvgIpc) is 3.49. The largest absolute Gasteiger partial charge is 0.487 e. The fourth-order valence-corrected chi connectivity index (χ4v) is 6.16. The number of pyridine rings is 1. The second-order valence-electron chi connectivity index (χ2n) is 11.5. The molecule has 0 bridgehead atoms. The molecule has 43 heavy (non-hydrogen) atoms. The van der Waals surface area contributed by atoms with Gasteiger partial charge in [-0.1, -0.05) is 6.07 Å². The van der Waals surface area contributed by atoms with Crippen LogP contribution < -0.4 is 20.1 Å². The lowest BCUT2D eigenvalue weighted by atomic mass is 10.0. The molecule has 1 saturated carbocycles. The lowest BCUT2D eigenvalue weighted by Gasteiger charge is -2.33. The lowest BCUT2D eigenvalue weighted by molar-refractivity contribution is -0.138. The van der Waals surface area contributed by atoms with E-state index in [9.17, 15) is 22.8 Å². The molecule has 2 amide bonds. The van der Waals surface area contributed by atoms with E-state index in [1.54, 1.807) is 24.4 Å². The maximum Gasteiger partial charge on any atom is 0.416 e. The van der Waals surface area contributed by atoms with Crippen LogP contribution in [0.5, 0.6) is 17.2 Å². The van der Waals surface area contributed by atoms with Crippen molar-refractivity contribution < 1.29 is 32.2 Å². The van der Waals surface area contributed by atoms with Crippen molar-refractivity contribution in [2.45, 2.75) is 43.6 Å². The summed E-state index contributed by atoms with van der Waals surface area (Å²) >= 11 is 0. The number of amides is 2. The Morgan fingerprint density at radius 2 is 1.93 bits per heavy atom. The summed E-state index contributed by atoms with van der Waals surface area (Å²) in [7, 11) is 1.99. The summed E-state index contributed by atoms with van der Waals surface area (Å²) in [5.74, 6) is 1.55. The maximum absolute atomic E-state index is 14.0. The fraction of sp³-hybridized carbons (Fsp3) is 0.387. The summed E-state index contributed by atoms with van der Waals surface area (Å²) in [5.41, 5.74) is 1.03. The SMILES string of the molecule is CN1CCN(Cc2ccc(C(=O)NC3C4Oc5ccc(Oc6ccnc7c6CCC(=O)N7)cc5C34)cc2C(F)(F)F)CC1. The number of piperazine rings is 1. The normalized spacial score (nSPS) is 23.0. The van der Waals surface area contributed by atoms with Gasteiger partial charge in [-0.15, -0.1) is 0 Å². The van der Waals surface area contributed by atoms with Gasteiger partial charge in [0, 0.05) is 62.0 Å². The van der Waals surface area contributed by atoms with Crippen molar-refractivity contribution in [2.24, 2.45) is 0 Å². The van der Waals surface area contributed by atoms with Crippen molar-refractivity contribution in [3.8, 4) is 17.2 Å². The van der Waals surface area contributed by atoms with E-state index >= 15 is 0 Å². The summed E-state index contributed by atoms with van der Waals surface area (Å²) in [6.07, 6.45) is -2.43. The minimum atomic E-state index is -4.58. The Hall–Kier alpha value is -4.16. The number of nitrogens with zero attached hydrogens (tertiary/aromatic N) is 3. The second-order valence-corrected chi connectivity index (χ2v) is 11.5. The Morgan fingerprint density at radius 1 is 1.12 bits per heavy atom. The molecule has 4 heterocycles. The highest BCUT2D eigenvalue weighted by Crippen LogP contribution is 2.54. The van der Waals surface area contributed by atoms with Crippen molar-refractivity contribution in [3.05, 3.63) is 76.5 Å². The molecule has 12 heteroatoms. The van der Waals surface area contributed by atoms with Crippen LogP contribution in [-0.2, 0) is 23.9 Å². The number of hydrogen-bond acceptors (Lipinski definition) is 7.